The minimum atomic E-state index is -0.715. The Bertz CT molecular complexity index is 1920. The van der Waals surface area contributed by atoms with Gasteiger partial charge >= 0.3 is 41.2 Å². The summed E-state index contributed by atoms with van der Waals surface area (Å²) in [6, 6.07) is -0.874. The molecule has 1 heterocycles. The van der Waals surface area contributed by atoms with Crippen molar-refractivity contribution in [1.29, 1.82) is 0 Å². The maximum absolute atomic E-state index is 14.8. The molecule has 3 fully saturated rings. The molecule has 0 aliphatic heterocycles. The zero-order valence-electron chi connectivity index (χ0n) is 38.5. The molecule has 3 saturated carbocycles. The Morgan fingerprint density at radius 2 is 0.855 bits per heavy atom. The molecule has 3 aliphatic rings. The second kappa shape index (κ2) is 19.4. The van der Waals surface area contributed by atoms with Crippen LogP contribution in [0.15, 0.2) is 39.7 Å². The van der Waals surface area contributed by atoms with Gasteiger partial charge in [-0.2, -0.15) is 0 Å². The van der Waals surface area contributed by atoms with E-state index < -0.39 is 57.4 Å². The summed E-state index contributed by atoms with van der Waals surface area (Å²) in [7, 11) is 0. The zero-order valence-corrected chi connectivity index (χ0v) is 38.5. The summed E-state index contributed by atoms with van der Waals surface area (Å²) in [5.74, 6) is -1.25. The molecule has 0 radical (unpaired) electrons. The van der Waals surface area contributed by atoms with Gasteiger partial charge in [0.05, 0.1) is 0 Å². The first kappa shape index (κ1) is 50.0. The smallest absolute Gasteiger partial charge is 0.407 e. The molecule has 348 valence electrons. The van der Waals surface area contributed by atoms with Gasteiger partial charge in [0.1, 0.15) is 26.4 Å². The maximum Gasteiger partial charge on any atom is 0.407 e. The van der Waals surface area contributed by atoms with E-state index in [1.165, 1.54) is 13.7 Å². The van der Waals surface area contributed by atoms with Gasteiger partial charge in [0.15, 0.2) is 0 Å². The van der Waals surface area contributed by atoms with E-state index in [0.29, 0.717) is 44.9 Å². The number of hydrogen-bond acceptors (Lipinski definition) is 12. The Labute approximate surface area is 365 Å². The molecule has 3 aliphatic carbocycles. The molecule has 1 aromatic heterocycles. The lowest BCUT2D eigenvalue weighted by atomic mass is 9.62. The molecule has 1 aromatic rings. The molecular weight excluding hydrogens is 801 g/mol. The van der Waals surface area contributed by atoms with Crippen LogP contribution in [0.1, 0.15) is 120 Å². The van der Waals surface area contributed by atoms with Gasteiger partial charge in [0.25, 0.3) is 0 Å². The number of carbonyl (C=O) groups is 4. The average Bonchev–Trinajstić information content (AvgIpc) is 3.11. The number of esters is 2. The fraction of sp³-hybridized carbons (Fsp3) is 0.756. The van der Waals surface area contributed by atoms with Gasteiger partial charge in [-0.3, -0.25) is 0 Å². The molecule has 6 atom stereocenters. The predicted octanol–water partition coefficient (Wildman–Crippen LogP) is 4.80. The van der Waals surface area contributed by atoms with Crippen LogP contribution >= 0.6 is 0 Å². The molecule has 0 aromatic carbocycles. The minimum Gasteiger partial charge on any atom is -0.459 e. The molecular formula is C45H72N6O11. The van der Waals surface area contributed by atoms with Crippen molar-refractivity contribution in [1.82, 2.24) is 24.3 Å². The molecule has 2 amide bonds. The summed E-state index contributed by atoms with van der Waals surface area (Å²) < 4.78 is 24.0. The average molecular weight is 873 g/mol. The minimum absolute atomic E-state index is 0.0127. The maximum atomic E-state index is 14.8. The molecule has 0 saturated heterocycles. The Balaban J connectivity index is 1.69. The quantitative estimate of drug-likeness (QED) is 0.0883. The van der Waals surface area contributed by atoms with Crippen molar-refractivity contribution < 1.29 is 38.1 Å². The lowest BCUT2D eigenvalue weighted by Gasteiger charge is -2.47. The normalized spacial score (nSPS) is 28.7. The van der Waals surface area contributed by atoms with E-state index in [1.807, 2.05) is 20.8 Å². The van der Waals surface area contributed by atoms with E-state index in [9.17, 15) is 33.6 Å². The molecule has 0 bridgehead atoms. The number of ether oxygens (including phenoxy) is 4. The number of nitrogens with one attached hydrogen (secondary N) is 2. The van der Waals surface area contributed by atoms with E-state index in [-0.39, 0.29) is 80.4 Å². The van der Waals surface area contributed by atoms with Crippen molar-refractivity contribution in [2.24, 2.45) is 38.2 Å². The van der Waals surface area contributed by atoms with Crippen molar-refractivity contribution in [2.45, 2.75) is 158 Å². The Morgan fingerprint density at radius 1 is 0.548 bits per heavy atom. The summed E-state index contributed by atoms with van der Waals surface area (Å²) in [5.41, 5.74) is 1.83. The van der Waals surface area contributed by atoms with E-state index >= 15 is 0 Å². The summed E-state index contributed by atoms with van der Waals surface area (Å²) in [6.07, 6.45) is 6.06. The van der Waals surface area contributed by atoms with Gasteiger partial charge in [-0.25, -0.2) is 47.3 Å². The summed E-state index contributed by atoms with van der Waals surface area (Å²) in [6.45, 7) is 24.8. The summed E-state index contributed by atoms with van der Waals surface area (Å²) >= 11 is 0. The molecule has 6 unspecified atom stereocenters. The largest absolute Gasteiger partial charge is 0.459 e. The number of aromatic nitrogens is 3. The van der Waals surface area contributed by atoms with Crippen LogP contribution in [-0.2, 0) is 48.2 Å². The monoisotopic (exact) mass is 873 g/mol. The van der Waals surface area contributed by atoms with Crippen molar-refractivity contribution in [3.8, 4) is 0 Å². The number of hydrogen-bond donors (Lipinski definition) is 3. The van der Waals surface area contributed by atoms with E-state index in [2.05, 4.69) is 65.3 Å². The van der Waals surface area contributed by atoms with Crippen LogP contribution in [0.2, 0.25) is 0 Å². The topological polar surface area (TPSA) is 221 Å². The number of carbonyl (C=O) groups excluding carboxylic acids is 4. The first-order valence-electron chi connectivity index (χ1n) is 21.7. The van der Waals surface area contributed by atoms with Crippen LogP contribution in [0.3, 0.4) is 0 Å². The first-order chi connectivity index (χ1) is 28.6. The van der Waals surface area contributed by atoms with Gasteiger partial charge in [0.2, 0.25) is 0 Å². The lowest BCUT2D eigenvalue weighted by Crippen LogP contribution is -2.60. The van der Waals surface area contributed by atoms with E-state index in [0.717, 1.165) is 25.0 Å². The lowest BCUT2D eigenvalue weighted by molar-refractivity contribution is -0.139. The number of alkyl carbamates (subject to hydrolysis) is 2. The predicted molar refractivity (Wildman–Crippen MR) is 233 cm³/mol. The second-order valence-corrected chi connectivity index (χ2v) is 21.7. The van der Waals surface area contributed by atoms with E-state index in [4.69, 9.17) is 24.7 Å². The Kier molecular flexibility index (Phi) is 15.6. The molecule has 62 heavy (non-hydrogen) atoms. The zero-order chi connectivity index (χ0) is 46.5. The van der Waals surface area contributed by atoms with Crippen molar-refractivity contribution in [2.75, 3.05) is 26.4 Å². The van der Waals surface area contributed by atoms with Crippen molar-refractivity contribution in [3.05, 3.63) is 56.8 Å². The van der Waals surface area contributed by atoms with Crippen molar-refractivity contribution in [3.63, 3.8) is 0 Å². The SMILES string of the molecule is C=CC(=O)OCCOC(=O)NC1CC(C)(C)CC(C)(Cn2c(=O)n(CC3(C)CC(N)CC(C)(C)C3)c(=O)n(CC3(C)CC(NC(=O)OCCOC(=O)C=C)CC(C)(C)C3)c2=O)C1. The third-order valence-electron chi connectivity index (χ3n) is 12.5. The van der Waals surface area contributed by atoms with Gasteiger partial charge in [-0.05, 0) is 90.3 Å². The van der Waals surface area contributed by atoms with Gasteiger partial charge in [-0.1, -0.05) is 75.5 Å². The number of nitrogens with two attached hydrogens (primary N) is 1. The van der Waals surface area contributed by atoms with Gasteiger partial charge in [0, 0.05) is 49.9 Å². The van der Waals surface area contributed by atoms with Crippen LogP contribution in [0.25, 0.3) is 0 Å². The van der Waals surface area contributed by atoms with Gasteiger partial charge < -0.3 is 35.3 Å². The third kappa shape index (κ3) is 13.9. The number of amides is 2. The third-order valence-corrected chi connectivity index (χ3v) is 12.5. The fourth-order valence-corrected chi connectivity index (χ4v) is 11.9. The fourth-order valence-electron chi connectivity index (χ4n) is 11.9. The first-order valence-corrected chi connectivity index (χ1v) is 21.7. The van der Waals surface area contributed by atoms with Gasteiger partial charge in [-0.15, -0.1) is 0 Å². The molecule has 0 spiro atoms. The summed E-state index contributed by atoms with van der Waals surface area (Å²) in [5, 5.41) is 5.87. The van der Waals surface area contributed by atoms with Crippen LogP contribution in [0.5, 0.6) is 0 Å². The molecule has 17 heteroatoms. The highest BCUT2D eigenvalue weighted by Crippen LogP contribution is 2.49. The second-order valence-electron chi connectivity index (χ2n) is 21.7. The Hall–Kier alpha value is -4.67. The van der Waals surface area contributed by atoms with E-state index in [1.54, 1.807) is 0 Å². The molecule has 4 rings (SSSR count). The highest BCUT2D eigenvalue weighted by Gasteiger charge is 2.46. The van der Waals surface area contributed by atoms with Crippen LogP contribution < -0.4 is 33.4 Å². The summed E-state index contributed by atoms with van der Waals surface area (Å²) in [4.78, 5) is 92.8. The van der Waals surface area contributed by atoms with Crippen LogP contribution in [0, 0.1) is 32.5 Å². The highest BCUT2D eigenvalue weighted by atomic mass is 16.6. The Morgan fingerprint density at radius 3 is 1.18 bits per heavy atom. The number of rotatable bonds is 16. The molecule has 4 N–H and O–H groups in total. The highest BCUT2D eigenvalue weighted by molar-refractivity contribution is 5.81. The standard InChI is InChI=1S/C45H72N6O11/c1-12-33(52)59-14-16-61-35(54)47-31-20-41(5,6)25-44(10,22-31)28-50-37(56)49(27-43(9)19-30(46)18-40(3,4)24-43)38(57)51(39(50)58)29-45(11)23-32(21-42(7,8)26-45)48-36(55)62-17-15-60-34(53)13-2/h12-13,30-32H,1-2,14-29,46H2,3-11H3,(H,47,54)(H,48,55). The number of nitrogens with zero attached hydrogens (tertiary/aromatic N) is 3. The van der Waals surface area contributed by atoms with Crippen molar-refractivity contribution >= 4 is 24.1 Å². The van der Waals surface area contributed by atoms with Crippen LogP contribution in [-0.4, -0.2) is 82.4 Å². The molecule has 17 nitrogen and oxygen atoms in total. The van der Waals surface area contributed by atoms with Crippen LogP contribution in [0.4, 0.5) is 9.59 Å².